The van der Waals surface area contributed by atoms with E-state index >= 15 is 0 Å². The van der Waals surface area contributed by atoms with E-state index in [1.54, 1.807) is 6.07 Å². The van der Waals surface area contributed by atoms with Gasteiger partial charge in [-0.1, -0.05) is 24.3 Å². The summed E-state index contributed by atoms with van der Waals surface area (Å²) < 4.78 is 12.9. The molecule has 0 aliphatic carbocycles. The van der Waals surface area contributed by atoms with Crippen LogP contribution in [0.4, 0.5) is 4.39 Å². The van der Waals surface area contributed by atoms with E-state index in [2.05, 4.69) is 0 Å². The molecule has 72 valence electrons. The summed E-state index contributed by atoms with van der Waals surface area (Å²) in [5.41, 5.74) is 6.69. The van der Waals surface area contributed by atoms with Crippen molar-refractivity contribution < 1.29 is 4.39 Å². The number of halogens is 1. The van der Waals surface area contributed by atoms with Gasteiger partial charge in [-0.05, 0) is 41.4 Å². The Hall–Kier alpha value is -1.41. The van der Waals surface area contributed by atoms with Gasteiger partial charge in [-0.15, -0.1) is 0 Å². The Balaban J connectivity index is 2.62. The van der Waals surface area contributed by atoms with Crippen molar-refractivity contribution >= 4 is 10.8 Å². The maximum absolute atomic E-state index is 12.9. The fourth-order valence-corrected chi connectivity index (χ4v) is 1.70. The zero-order chi connectivity index (χ0) is 9.97. The molecule has 2 N–H and O–H groups in total. The molecule has 0 atom stereocenters. The van der Waals surface area contributed by atoms with Crippen molar-refractivity contribution in [2.24, 2.45) is 5.73 Å². The molecule has 14 heavy (non-hydrogen) atoms. The minimum atomic E-state index is -0.192. The Labute approximate surface area is 82.3 Å². The van der Waals surface area contributed by atoms with Crippen molar-refractivity contribution in [3.05, 3.63) is 47.8 Å². The minimum absolute atomic E-state index is 0.192. The van der Waals surface area contributed by atoms with Gasteiger partial charge in [0.1, 0.15) is 5.82 Å². The maximum atomic E-state index is 12.9. The lowest BCUT2D eigenvalue weighted by molar-refractivity contribution is 0.629. The lowest BCUT2D eigenvalue weighted by Crippen LogP contribution is -2.02. The third-order valence-corrected chi connectivity index (χ3v) is 2.35. The molecule has 2 heteroatoms. The minimum Gasteiger partial charge on any atom is -0.330 e. The van der Waals surface area contributed by atoms with Gasteiger partial charge in [-0.25, -0.2) is 4.39 Å². The average Bonchev–Trinajstić information content (AvgIpc) is 2.18. The lowest BCUT2D eigenvalue weighted by Gasteiger charge is -2.04. The molecule has 1 nitrogen and oxygen atoms in total. The standard InChI is InChI=1S/C12H12FN/c13-11-4-5-12-9(6-7-14)2-1-3-10(12)8-11/h1-5,8H,6-7,14H2. The highest BCUT2D eigenvalue weighted by Crippen LogP contribution is 2.19. The van der Waals surface area contributed by atoms with Gasteiger partial charge in [0.2, 0.25) is 0 Å². The maximum Gasteiger partial charge on any atom is 0.123 e. The first-order chi connectivity index (χ1) is 6.81. The molecule has 0 aliphatic heterocycles. The second kappa shape index (κ2) is 3.76. The Kier molecular flexibility index (Phi) is 2.46. The largest absolute Gasteiger partial charge is 0.330 e. The van der Waals surface area contributed by atoms with Crippen LogP contribution in [0.3, 0.4) is 0 Å². The van der Waals surface area contributed by atoms with E-state index in [0.29, 0.717) is 6.54 Å². The van der Waals surface area contributed by atoms with Gasteiger partial charge in [-0.2, -0.15) is 0 Å². The molecule has 0 bridgehead atoms. The molecule has 0 spiro atoms. The van der Waals surface area contributed by atoms with Gasteiger partial charge in [0.15, 0.2) is 0 Å². The number of hydrogen-bond donors (Lipinski definition) is 1. The number of nitrogens with two attached hydrogens (primary N) is 1. The predicted molar refractivity (Wildman–Crippen MR) is 56.7 cm³/mol. The number of benzene rings is 2. The zero-order valence-corrected chi connectivity index (χ0v) is 7.83. The van der Waals surface area contributed by atoms with Gasteiger partial charge in [-0.3, -0.25) is 0 Å². The van der Waals surface area contributed by atoms with Crippen molar-refractivity contribution in [2.45, 2.75) is 6.42 Å². The summed E-state index contributed by atoms with van der Waals surface area (Å²) in [5.74, 6) is -0.192. The average molecular weight is 189 g/mol. The lowest BCUT2D eigenvalue weighted by atomic mass is 10.0. The van der Waals surface area contributed by atoms with Crippen LogP contribution in [0.25, 0.3) is 10.8 Å². The van der Waals surface area contributed by atoms with Crippen LogP contribution in [0, 0.1) is 5.82 Å². The molecule has 0 radical (unpaired) electrons. The molecular formula is C12H12FN. The molecule has 0 saturated heterocycles. The van der Waals surface area contributed by atoms with Crippen LogP contribution in [0.15, 0.2) is 36.4 Å². The molecule has 2 aromatic carbocycles. The van der Waals surface area contributed by atoms with Gasteiger partial charge < -0.3 is 5.73 Å². The molecule has 2 aromatic rings. The normalized spacial score (nSPS) is 10.7. The third-order valence-electron chi connectivity index (χ3n) is 2.35. The summed E-state index contributed by atoms with van der Waals surface area (Å²) in [4.78, 5) is 0. The van der Waals surface area contributed by atoms with Crippen LogP contribution in [0.1, 0.15) is 5.56 Å². The van der Waals surface area contributed by atoms with Gasteiger partial charge >= 0.3 is 0 Å². The van der Waals surface area contributed by atoms with Crippen LogP contribution in [-0.4, -0.2) is 6.54 Å². The van der Waals surface area contributed by atoms with Crippen LogP contribution in [0.2, 0.25) is 0 Å². The van der Waals surface area contributed by atoms with E-state index < -0.39 is 0 Å². The van der Waals surface area contributed by atoms with Crippen molar-refractivity contribution in [3.8, 4) is 0 Å². The summed E-state index contributed by atoms with van der Waals surface area (Å²) >= 11 is 0. The summed E-state index contributed by atoms with van der Waals surface area (Å²) in [6.45, 7) is 0.622. The summed E-state index contributed by atoms with van der Waals surface area (Å²) in [7, 11) is 0. The molecule has 0 saturated carbocycles. The SMILES string of the molecule is NCCc1cccc2cc(F)ccc12. The van der Waals surface area contributed by atoms with Gasteiger partial charge in [0, 0.05) is 0 Å². The first-order valence-corrected chi connectivity index (χ1v) is 4.68. The number of hydrogen-bond acceptors (Lipinski definition) is 1. The Bertz CT molecular complexity index is 451. The van der Waals surface area contributed by atoms with Crippen molar-refractivity contribution in [1.29, 1.82) is 0 Å². The highest BCUT2D eigenvalue weighted by molar-refractivity contribution is 5.85. The smallest absolute Gasteiger partial charge is 0.123 e. The molecule has 0 unspecified atom stereocenters. The monoisotopic (exact) mass is 189 g/mol. The second-order valence-electron chi connectivity index (χ2n) is 3.32. The quantitative estimate of drug-likeness (QED) is 0.771. The summed E-state index contributed by atoms with van der Waals surface area (Å²) in [6, 6.07) is 10.7. The molecule has 0 amide bonds. The third kappa shape index (κ3) is 1.61. The molecule has 0 fully saturated rings. The summed E-state index contributed by atoms with van der Waals surface area (Å²) in [5, 5.41) is 2.04. The first kappa shape index (κ1) is 9.16. The van der Waals surface area contributed by atoms with Crippen LogP contribution in [0.5, 0.6) is 0 Å². The van der Waals surface area contributed by atoms with Crippen molar-refractivity contribution in [1.82, 2.24) is 0 Å². The zero-order valence-electron chi connectivity index (χ0n) is 7.83. The predicted octanol–water partition coefficient (Wildman–Crippen LogP) is 2.48. The van der Waals surface area contributed by atoms with Crippen molar-refractivity contribution in [3.63, 3.8) is 0 Å². The Morgan fingerprint density at radius 3 is 2.79 bits per heavy atom. The summed E-state index contributed by atoms with van der Waals surface area (Å²) in [6.07, 6.45) is 0.836. The van der Waals surface area contributed by atoms with Gasteiger partial charge in [0.05, 0.1) is 0 Å². The highest BCUT2D eigenvalue weighted by Gasteiger charge is 2.00. The Morgan fingerprint density at radius 1 is 1.14 bits per heavy atom. The first-order valence-electron chi connectivity index (χ1n) is 4.68. The van der Waals surface area contributed by atoms with E-state index in [4.69, 9.17) is 5.73 Å². The molecule has 0 aliphatic rings. The molecule has 0 aromatic heterocycles. The van der Waals surface area contributed by atoms with E-state index in [-0.39, 0.29) is 5.82 Å². The van der Waals surface area contributed by atoms with Gasteiger partial charge in [0.25, 0.3) is 0 Å². The Morgan fingerprint density at radius 2 is 2.00 bits per heavy atom. The van der Waals surface area contributed by atoms with Crippen molar-refractivity contribution in [2.75, 3.05) is 6.54 Å². The number of rotatable bonds is 2. The topological polar surface area (TPSA) is 26.0 Å². The molecule has 0 heterocycles. The van der Waals surface area contributed by atoms with E-state index in [1.807, 2.05) is 24.3 Å². The fraction of sp³-hybridized carbons (Fsp3) is 0.167. The molecule has 2 rings (SSSR count). The second-order valence-corrected chi connectivity index (χ2v) is 3.32. The van der Waals surface area contributed by atoms with E-state index in [0.717, 1.165) is 17.2 Å². The van der Waals surface area contributed by atoms with E-state index in [1.165, 1.54) is 11.6 Å². The van der Waals surface area contributed by atoms with E-state index in [9.17, 15) is 4.39 Å². The highest BCUT2D eigenvalue weighted by atomic mass is 19.1. The number of fused-ring (bicyclic) bond motifs is 1. The molecular weight excluding hydrogens is 177 g/mol. The fourth-order valence-electron chi connectivity index (χ4n) is 1.70. The van der Waals surface area contributed by atoms with Crippen LogP contribution < -0.4 is 5.73 Å². The van der Waals surface area contributed by atoms with Crippen LogP contribution in [-0.2, 0) is 6.42 Å². The van der Waals surface area contributed by atoms with Crippen LogP contribution >= 0.6 is 0 Å².